The number of hydrogen-bond donors (Lipinski definition) is 1. The molecular formula is C22H25N3O2S. The predicted molar refractivity (Wildman–Crippen MR) is 116 cm³/mol. The molecule has 0 aliphatic carbocycles. The number of ether oxygens (including phenoxy) is 1. The Kier molecular flexibility index (Phi) is 5.78. The van der Waals surface area contributed by atoms with Crippen molar-refractivity contribution in [2.45, 2.75) is 6.42 Å². The molecule has 1 saturated heterocycles. The predicted octanol–water partition coefficient (Wildman–Crippen LogP) is 4.10. The van der Waals surface area contributed by atoms with E-state index in [1.54, 1.807) is 18.4 Å². The lowest BCUT2D eigenvalue weighted by Crippen LogP contribution is -2.48. The molecule has 1 aromatic heterocycles. The molecule has 146 valence electrons. The van der Waals surface area contributed by atoms with E-state index < -0.39 is 0 Å². The van der Waals surface area contributed by atoms with Gasteiger partial charge in [-0.05, 0) is 29.7 Å². The summed E-state index contributed by atoms with van der Waals surface area (Å²) < 4.78 is 6.77. The molecule has 3 aromatic rings. The normalized spacial score (nSPS) is 15.9. The molecule has 2 heterocycles. The Morgan fingerprint density at radius 3 is 2.57 bits per heavy atom. The maximum absolute atomic E-state index is 9.53. The largest absolute Gasteiger partial charge is 0.495 e. The quantitative estimate of drug-likeness (QED) is 0.388. The van der Waals surface area contributed by atoms with Crippen LogP contribution in [0.5, 0.6) is 5.75 Å². The van der Waals surface area contributed by atoms with E-state index in [4.69, 9.17) is 4.74 Å². The minimum absolute atomic E-state index is 0.697. The third kappa shape index (κ3) is 4.13. The number of hydrogen-bond acceptors (Lipinski definition) is 6. The summed E-state index contributed by atoms with van der Waals surface area (Å²) in [5.74, 6) is 0.915. The first-order valence-corrected chi connectivity index (χ1v) is 10.4. The number of thiophene rings is 1. The van der Waals surface area contributed by atoms with Crippen LogP contribution < -0.4 is 9.64 Å². The van der Waals surface area contributed by atoms with Gasteiger partial charge in [-0.15, -0.1) is 11.3 Å². The van der Waals surface area contributed by atoms with Gasteiger partial charge < -0.3 is 14.8 Å². The van der Waals surface area contributed by atoms with Gasteiger partial charge in [0.15, 0.2) is 0 Å². The smallest absolute Gasteiger partial charge is 0.142 e. The summed E-state index contributed by atoms with van der Waals surface area (Å²) in [6.07, 6.45) is 0.697. The lowest BCUT2D eigenvalue weighted by atomic mass is 10.1. The summed E-state index contributed by atoms with van der Waals surface area (Å²) >= 11 is 1.77. The fourth-order valence-corrected chi connectivity index (χ4v) is 4.84. The average Bonchev–Trinajstić information content (AvgIpc) is 3.16. The monoisotopic (exact) mass is 395 g/mol. The first kappa shape index (κ1) is 18.8. The zero-order valence-electron chi connectivity index (χ0n) is 16.0. The third-order valence-electron chi connectivity index (χ3n) is 5.20. The van der Waals surface area contributed by atoms with Crippen LogP contribution in [0.15, 0.2) is 59.8 Å². The number of fused-ring (bicyclic) bond motifs is 1. The SMILES string of the molecule is COc1ccccc1N1CCN(C/C(Cc2cc3ccccc3s2)=N\O)CC1. The molecule has 28 heavy (non-hydrogen) atoms. The standard InChI is InChI=1S/C22H25N3O2S/c1-27-21-8-4-3-7-20(21)25-12-10-24(11-13-25)16-18(23-26)15-19-14-17-6-2-5-9-22(17)28-19/h2-9,14,26H,10-13,15-16H2,1H3/b23-18-. The number of benzene rings is 2. The number of nitrogens with zero attached hydrogens (tertiary/aromatic N) is 3. The molecule has 0 saturated carbocycles. The number of oxime groups is 1. The number of methoxy groups -OCH3 is 1. The van der Waals surface area contributed by atoms with Crippen LogP contribution in [0.4, 0.5) is 5.69 Å². The Hall–Kier alpha value is -2.57. The van der Waals surface area contributed by atoms with Crippen LogP contribution >= 0.6 is 11.3 Å². The van der Waals surface area contributed by atoms with Crippen LogP contribution in [0.2, 0.25) is 0 Å². The van der Waals surface area contributed by atoms with Gasteiger partial charge >= 0.3 is 0 Å². The fourth-order valence-electron chi connectivity index (χ4n) is 3.74. The van der Waals surface area contributed by atoms with Crippen LogP contribution in [0.1, 0.15) is 4.88 Å². The molecule has 0 atom stereocenters. The molecule has 0 unspecified atom stereocenters. The van der Waals surface area contributed by atoms with E-state index in [1.165, 1.54) is 15.0 Å². The van der Waals surface area contributed by atoms with Crippen molar-refractivity contribution in [2.75, 3.05) is 44.7 Å². The molecule has 0 amide bonds. The van der Waals surface area contributed by atoms with E-state index in [0.29, 0.717) is 13.0 Å². The summed E-state index contributed by atoms with van der Waals surface area (Å²) in [4.78, 5) is 5.95. The van der Waals surface area contributed by atoms with E-state index in [0.717, 1.165) is 43.3 Å². The van der Waals surface area contributed by atoms with Gasteiger partial charge in [-0.25, -0.2) is 0 Å². The van der Waals surface area contributed by atoms with Gasteiger partial charge in [0.2, 0.25) is 0 Å². The number of piperazine rings is 1. The van der Waals surface area contributed by atoms with E-state index in [-0.39, 0.29) is 0 Å². The van der Waals surface area contributed by atoms with E-state index >= 15 is 0 Å². The van der Waals surface area contributed by atoms with E-state index in [9.17, 15) is 5.21 Å². The summed E-state index contributed by atoms with van der Waals surface area (Å²) in [5, 5.41) is 14.4. The van der Waals surface area contributed by atoms with Gasteiger partial charge in [0.05, 0.1) is 18.5 Å². The fraction of sp³-hybridized carbons (Fsp3) is 0.318. The Morgan fingerprint density at radius 1 is 1.07 bits per heavy atom. The van der Waals surface area contributed by atoms with E-state index in [1.807, 2.05) is 18.2 Å². The van der Waals surface area contributed by atoms with Gasteiger partial charge in [-0.1, -0.05) is 35.5 Å². The zero-order chi connectivity index (χ0) is 19.3. The highest BCUT2D eigenvalue weighted by Crippen LogP contribution is 2.29. The minimum Gasteiger partial charge on any atom is -0.495 e. The van der Waals surface area contributed by atoms with Crippen molar-refractivity contribution in [2.24, 2.45) is 5.16 Å². The van der Waals surface area contributed by atoms with Crippen LogP contribution in [0.3, 0.4) is 0 Å². The van der Waals surface area contributed by atoms with Gasteiger partial charge in [-0.3, -0.25) is 4.90 Å². The van der Waals surface area contributed by atoms with Crippen molar-refractivity contribution in [3.05, 3.63) is 59.5 Å². The lowest BCUT2D eigenvalue weighted by molar-refractivity contribution is 0.277. The maximum atomic E-state index is 9.53. The molecule has 2 aromatic carbocycles. The first-order valence-electron chi connectivity index (χ1n) is 9.54. The van der Waals surface area contributed by atoms with Crippen molar-refractivity contribution >= 4 is 32.8 Å². The Morgan fingerprint density at radius 2 is 1.82 bits per heavy atom. The summed E-state index contributed by atoms with van der Waals surface area (Å²) in [7, 11) is 1.72. The number of para-hydroxylation sites is 2. The first-order chi connectivity index (χ1) is 13.8. The lowest BCUT2D eigenvalue weighted by Gasteiger charge is -2.36. The molecule has 0 radical (unpaired) electrons. The van der Waals surface area contributed by atoms with Crippen molar-refractivity contribution in [3.63, 3.8) is 0 Å². The number of anilines is 1. The Balaban J connectivity index is 1.35. The zero-order valence-corrected chi connectivity index (χ0v) is 16.9. The molecular weight excluding hydrogens is 370 g/mol. The second-order valence-electron chi connectivity index (χ2n) is 7.03. The second kappa shape index (κ2) is 8.63. The van der Waals surface area contributed by atoms with Crippen molar-refractivity contribution in [1.29, 1.82) is 0 Å². The van der Waals surface area contributed by atoms with Crippen LogP contribution in [-0.2, 0) is 6.42 Å². The van der Waals surface area contributed by atoms with Crippen molar-refractivity contribution < 1.29 is 9.94 Å². The average molecular weight is 396 g/mol. The van der Waals surface area contributed by atoms with Gasteiger partial charge in [-0.2, -0.15) is 0 Å². The molecule has 5 nitrogen and oxygen atoms in total. The summed E-state index contributed by atoms with van der Waals surface area (Å²) in [6, 6.07) is 18.7. The third-order valence-corrected chi connectivity index (χ3v) is 6.32. The highest BCUT2D eigenvalue weighted by atomic mass is 32.1. The molecule has 0 bridgehead atoms. The topological polar surface area (TPSA) is 48.3 Å². The molecule has 4 rings (SSSR count). The van der Waals surface area contributed by atoms with Gasteiger partial charge in [0.25, 0.3) is 0 Å². The molecule has 6 heteroatoms. The molecule has 0 spiro atoms. The van der Waals surface area contributed by atoms with Crippen molar-refractivity contribution in [3.8, 4) is 5.75 Å². The molecule has 1 aliphatic heterocycles. The van der Waals surface area contributed by atoms with Crippen LogP contribution in [0.25, 0.3) is 10.1 Å². The van der Waals surface area contributed by atoms with Gasteiger partial charge in [0, 0.05) is 48.7 Å². The molecule has 1 N–H and O–H groups in total. The highest BCUT2D eigenvalue weighted by molar-refractivity contribution is 7.19. The molecule has 1 fully saturated rings. The second-order valence-corrected chi connectivity index (χ2v) is 8.20. The van der Waals surface area contributed by atoms with Crippen molar-refractivity contribution in [1.82, 2.24) is 4.90 Å². The molecule has 1 aliphatic rings. The van der Waals surface area contributed by atoms with Crippen LogP contribution in [-0.4, -0.2) is 55.7 Å². The van der Waals surface area contributed by atoms with Crippen LogP contribution in [0, 0.1) is 0 Å². The summed E-state index contributed by atoms with van der Waals surface area (Å²) in [6.45, 7) is 4.43. The summed E-state index contributed by atoms with van der Waals surface area (Å²) in [5.41, 5.74) is 1.96. The maximum Gasteiger partial charge on any atom is 0.142 e. The van der Waals surface area contributed by atoms with Gasteiger partial charge in [0.1, 0.15) is 5.75 Å². The van der Waals surface area contributed by atoms with E-state index in [2.05, 4.69) is 51.4 Å². The minimum atomic E-state index is 0.697. The Bertz CT molecular complexity index is 928. The Labute approximate surface area is 169 Å². The highest BCUT2D eigenvalue weighted by Gasteiger charge is 2.21. The number of rotatable bonds is 6.